The topological polar surface area (TPSA) is 137 Å². The third-order valence-electron chi connectivity index (χ3n) is 10.5. The third-order valence-corrected chi connectivity index (χ3v) is 10.5. The smallest absolute Gasteiger partial charge is 0.235 e. The van der Waals surface area contributed by atoms with E-state index in [0.29, 0.717) is 25.7 Å². The van der Waals surface area contributed by atoms with Crippen molar-refractivity contribution in [1.29, 1.82) is 0 Å². The Morgan fingerprint density at radius 3 is 2.77 bits per heavy atom. The Kier molecular flexibility index (Phi) is 7.70. The summed E-state index contributed by atoms with van der Waals surface area (Å²) in [5, 5.41) is 14.5. The lowest BCUT2D eigenvalue weighted by atomic mass is 9.46. The van der Waals surface area contributed by atoms with Gasteiger partial charge in [0.15, 0.2) is 23.5 Å². The molecule has 4 N–H and O–H groups in total. The van der Waals surface area contributed by atoms with Gasteiger partial charge in [-0.3, -0.25) is 14.4 Å². The highest BCUT2D eigenvalue weighted by molar-refractivity contribution is 6.01. The normalized spacial score (nSPS) is 43.1. The fourth-order valence-corrected chi connectivity index (χ4v) is 8.79. The Bertz CT molecular complexity index is 1070. The van der Waals surface area contributed by atoms with Gasteiger partial charge < -0.3 is 30.4 Å². The molecule has 3 saturated carbocycles. The summed E-state index contributed by atoms with van der Waals surface area (Å²) in [6.45, 7) is 7.76. The molecule has 1 saturated heterocycles. The van der Waals surface area contributed by atoms with Crippen LogP contribution in [0.3, 0.4) is 0 Å². The molecule has 5 rings (SSSR count). The minimum absolute atomic E-state index is 0.00723. The van der Waals surface area contributed by atoms with E-state index in [9.17, 15) is 19.5 Å². The minimum Gasteiger partial charge on any atom is -0.393 e. The Morgan fingerprint density at radius 2 is 2.08 bits per heavy atom. The van der Waals surface area contributed by atoms with Gasteiger partial charge in [-0.25, -0.2) is 0 Å². The molecule has 1 heterocycles. The minimum atomic E-state index is -1.24. The number of carbonyl (C=O) groups excluding carboxylic acids is 3. The van der Waals surface area contributed by atoms with Crippen molar-refractivity contribution in [2.75, 3.05) is 13.2 Å². The summed E-state index contributed by atoms with van der Waals surface area (Å²) in [5.41, 5.74) is 4.24. The van der Waals surface area contributed by atoms with E-state index >= 15 is 0 Å². The zero-order valence-electron chi connectivity index (χ0n) is 23.6. The Hall–Kier alpha value is -1.91. The molecule has 4 fully saturated rings. The molecular formula is C30H44N2O7. The lowest BCUT2D eigenvalue weighted by Crippen LogP contribution is -2.63. The van der Waals surface area contributed by atoms with Gasteiger partial charge in [0.25, 0.3) is 0 Å². The second-order valence-electron chi connectivity index (χ2n) is 12.5. The molecule has 9 heteroatoms. The summed E-state index contributed by atoms with van der Waals surface area (Å²) in [5.74, 6) is -0.337. The molecule has 9 nitrogen and oxygen atoms in total. The zero-order valence-corrected chi connectivity index (χ0v) is 23.6. The first-order chi connectivity index (χ1) is 18.5. The molecule has 0 bridgehead atoms. The number of Topliss-reactive ketones (excluding diaryl/α,β-unsaturated/α-hetero) is 1. The molecule has 216 valence electrons. The first-order valence-electron chi connectivity index (χ1n) is 14.6. The summed E-state index contributed by atoms with van der Waals surface area (Å²) in [4.78, 5) is 38.2. The van der Waals surface area contributed by atoms with Gasteiger partial charge >= 0.3 is 0 Å². The van der Waals surface area contributed by atoms with Crippen LogP contribution >= 0.6 is 0 Å². The van der Waals surface area contributed by atoms with Crippen LogP contribution in [0.25, 0.3) is 0 Å². The van der Waals surface area contributed by atoms with Crippen LogP contribution in [0.2, 0.25) is 0 Å². The van der Waals surface area contributed by atoms with Crippen molar-refractivity contribution in [2.45, 2.75) is 103 Å². The van der Waals surface area contributed by atoms with Gasteiger partial charge in [-0.2, -0.15) is 0 Å². The van der Waals surface area contributed by atoms with Crippen molar-refractivity contribution in [3.63, 3.8) is 0 Å². The van der Waals surface area contributed by atoms with Gasteiger partial charge in [0.2, 0.25) is 5.91 Å². The second kappa shape index (κ2) is 10.5. The lowest BCUT2D eigenvalue weighted by Gasteiger charge is -2.59. The van der Waals surface area contributed by atoms with Crippen LogP contribution in [0.15, 0.2) is 23.8 Å². The van der Waals surface area contributed by atoms with Gasteiger partial charge in [-0.05, 0) is 62.5 Å². The number of aliphatic hydroxyl groups excluding tert-OH is 1. The number of nitrogens with two attached hydrogens (primary N) is 1. The molecule has 39 heavy (non-hydrogen) atoms. The molecule has 4 aliphatic carbocycles. The van der Waals surface area contributed by atoms with Crippen LogP contribution in [-0.2, 0) is 28.6 Å². The summed E-state index contributed by atoms with van der Waals surface area (Å²) in [6, 6.07) is 0. The van der Waals surface area contributed by atoms with Crippen LogP contribution < -0.4 is 11.1 Å². The number of amides is 1. The van der Waals surface area contributed by atoms with Crippen LogP contribution in [0.4, 0.5) is 0 Å². The number of carbonyl (C=O) groups is 3. The number of aliphatic hydroxyl groups is 1. The molecule has 0 aromatic carbocycles. The molecule has 1 aliphatic heterocycles. The molecule has 0 spiro atoms. The molecule has 0 radical (unpaired) electrons. The summed E-state index contributed by atoms with van der Waals surface area (Å²) in [6.07, 6.45) is 7.87. The van der Waals surface area contributed by atoms with Crippen LogP contribution in [-0.4, -0.2) is 66.1 Å². The van der Waals surface area contributed by atoms with Gasteiger partial charge in [0.1, 0.15) is 12.8 Å². The molecule has 0 aromatic rings. The molecule has 1 amide bonds. The van der Waals surface area contributed by atoms with Crippen molar-refractivity contribution in [2.24, 2.45) is 34.3 Å². The summed E-state index contributed by atoms with van der Waals surface area (Å²) in [7, 11) is 0. The van der Waals surface area contributed by atoms with Crippen LogP contribution in [0, 0.1) is 28.6 Å². The first-order valence-corrected chi connectivity index (χ1v) is 14.6. The zero-order chi connectivity index (χ0) is 28.2. The number of ketones is 2. The Labute approximate surface area is 230 Å². The highest BCUT2D eigenvalue weighted by atomic mass is 16.7. The fraction of sp³-hybridized carbons (Fsp3) is 0.767. The van der Waals surface area contributed by atoms with E-state index in [2.05, 4.69) is 26.1 Å². The molecular weight excluding hydrogens is 500 g/mol. The average Bonchev–Trinajstić information content (AvgIpc) is 3.38. The maximum absolute atomic E-state index is 14.2. The van der Waals surface area contributed by atoms with Crippen molar-refractivity contribution in [1.82, 2.24) is 5.32 Å². The quantitative estimate of drug-likeness (QED) is 0.377. The highest BCUT2D eigenvalue weighted by Crippen LogP contribution is 2.69. The second-order valence-corrected chi connectivity index (χ2v) is 12.5. The summed E-state index contributed by atoms with van der Waals surface area (Å²) >= 11 is 0. The molecule has 10 atom stereocenters. The van der Waals surface area contributed by atoms with Crippen molar-refractivity contribution >= 4 is 17.5 Å². The Morgan fingerprint density at radius 1 is 1.31 bits per heavy atom. The van der Waals surface area contributed by atoms with Crippen LogP contribution in [0.5, 0.6) is 0 Å². The average molecular weight is 545 g/mol. The molecule has 10 unspecified atom stereocenters. The van der Waals surface area contributed by atoms with Gasteiger partial charge in [0, 0.05) is 16.7 Å². The van der Waals surface area contributed by atoms with E-state index in [1.807, 2.05) is 13.0 Å². The van der Waals surface area contributed by atoms with E-state index in [1.54, 1.807) is 12.2 Å². The van der Waals surface area contributed by atoms with Gasteiger partial charge in [0.05, 0.1) is 18.8 Å². The number of ether oxygens (including phenoxy) is 3. The number of nitrogens with one attached hydrogen (secondary N) is 1. The highest BCUT2D eigenvalue weighted by Gasteiger charge is 2.75. The number of hydrogen-bond donors (Lipinski definition) is 3. The lowest BCUT2D eigenvalue weighted by molar-refractivity contribution is -0.202. The van der Waals surface area contributed by atoms with Crippen molar-refractivity contribution < 1.29 is 33.7 Å². The molecule has 5 aliphatic rings. The van der Waals surface area contributed by atoms with Crippen molar-refractivity contribution in [3.8, 4) is 0 Å². The largest absolute Gasteiger partial charge is 0.393 e. The first kappa shape index (κ1) is 28.6. The number of allylic oxidation sites excluding steroid dienone is 4. The number of rotatable bonds is 9. The van der Waals surface area contributed by atoms with E-state index in [-0.39, 0.29) is 48.4 Å². The maximum Gasteiger partial charge on any atom is 0.235 e. The van der Waals surface area contributed by atoms with E-state index in [0.717, 1.165) is 24.8 Å². The van der Waals surface area contributed by atoms with Gasteiger partial charge in [-0.15, -0.1) is 0 Å². The predicted molar refractivity (Wildman–Crippen MR) is 143 cm³/mol. The fourth-order valence-electron chi connectivity index (χ4n) is 8.79. The SMILES string of the molecule is CCCC1OC2CC3C4CCC5=CC(=O)C=CC5(C)C4C(O)CC3(C)C2(C(=O)COC(CC)NC(=O)CN)O1. The number of hydrogen-bond acceptors (Lipinski definition) is 8. The van der Waals surface area contributed by atoms with Gasteiger partial charge in [-0.1, -0.05) is 45.8 Å². The monoisotopic (exact) mass is 544 g/mol. The summed E-state index contributed by atoms with van der Waals surface area (Å²) < 4.78 is 19.0. The van der Waals surface area contributed by atoms with E-state index < -0.39 is 41.2 Å². The van der Waals surface area contributed by atoms with E-state index in [4.69, 9.17) is 19.9 Å². The predicted octanol–water partition coefficient (Wildman–Crippen LogP) is 2.55. The van der Waals surface area contributed by atoms with E-state index in [1.165, 1.54) is 0 Å². The maximum atomic E-state index is 14.2. The Balaban J connectivity index is 1.46. The third kappa shape index (κ3) is 4.36. The van der Waals surface area contributed by atoms with Crippen LogP contribution in [0.1, 0.15) is 72.6 Å². The standard InChI is InChI=1S/C30H44N2O7/c1-5-7-26-38-23-13-20-19-9-8-17-12-18(33)10-11-28(17,3)27(19)21(34)14-29(20,4)30(23,39-26)22(35)16-37-25(6-2)32-24(36)15-31/h10-12,19-21,23,25-27,34H,5-9,13-16,31H2,1-4H3,(H,32,36). The molecule has 0 aromatic heterocycles. The van der Waals surface area contributed by atoms with Crippen molar-refractivity contribution in [3.05, 3.63) is 23.8 Å². The number of fused-ring (bicyclic) bond motifs is 7.